The number of benzene rings is 1. The van der Waals surface area contributed by atoms with Crippen molar-refractivity contribution in [1.82, 2.24) is 0 Å². The quantitative estimate of drug-likeness (QED) is 0.846. The molecule has 0 saturated heterocycles. The van der Waals surface area contributed by atoms with Gasteiger partial charge in [0.1, 0.15) is 12.6 Å². The van der Waals surface area contributed by atoms with Crippen LogP contribution in [0.5, 0.6) is 0 Å². The van der Waals surface area contributed by atoms with Gasteiger partial charge in [-0.05, 0) is 24.1 Å². The Kier molecular flexibility index (Phi) is 5.49. The van der Waals surface area contributed by atoms with E-state index in [-0.39, 0.29) is 12.6 Å². The largest absolute Gasteiger partial charge is 0.460 e. The molecular formula is C12H16BrNO2. The molecule has 0 heterocycles. The first-order chi connectivity index (χ1) is 7.63. The SMILES string of the molecule is CCCC(N)C(=O)OCc1ccc(Br)cc1. The van der Waals surface area contributed by atoms with E-state index < -0.39 is 6.04 Å². The van der Waals surface area contributed by atoms with Crippen LogP contribution in [0, 0.1) is 0 Å². The Morgan fingerprint density at radius 3 is 2.62 bits per heavy atom. The lowest BCUT2D eigenvalue weighted by Gasteiger charge is -2.10. The van der Waals surface area contributed by atoms with Crippen LogP contribution < -0.4 is 5.73 Å². The molecule has 1 aromatic rings. The molecule has 0 spiro atoms. The van der Waals surface area contributed by atoms with Gasteiger partial charge in [-0.25, -0.2) is 0 Å². The van der Waals surface area contributed by atoms with E-state index in [1.807, 2.05) is 31.2 Å². The second-order valence-electron chi connectivity index (χ2n) is 3.63. The summed E-state index contributed by atoms with van der Waals surface area (Å²) in [5.41, 5.74) is 6.59. The molecule has 1 rings (SSSR count). The van der Waals surface area contributed by atoms with Crippen molar-refractivity contribution in [3.05, 3.63) is 34.3 Å². The summed E-state index contributed by atoms with van der Waals surface area (Å²) in [5, 5.41) is 0. The zero-order valence-electron chi connectivity index (χ0n) is 9.28. The third kappa shape index (κ3) is 4.33. The van der Waals surface area contributed by atoms with Crippen LogP contribution in [0.4, 0.5) is 0 Å². The average molecular weight is 286 g/mol. The molecule has 2 N–H and O–H groups in total. The van der Waals surface area contributed by atoms with E-state index in [1.54, 1.807) is 0 Å². The number of ether oxygens (including phenoxy) is 1. The van der Waals surface area contributed by atoms with E-state index in [0.29, 0.717) is 6.42 Å². The maximum atomic E-state index is 11.4. The molecule has 1 aromatic carbocycles. The van der Waals surface area contributed by atoms with Gasteiger partial charge in [0.2, 0.25) is 0 Å². The van der Waals surface area contributed by atoms with E-state index in [2.05, 4.69) is 15.9 Å². The minimum atomic E-state index is -0.500. The van der Waals surface area contributed by atoms with Crippen molar-refractivity contribution >= 4 is 21.9 Å². The zero-order valence-corrected chi connectivity index (χ0v) is 10.9. The predicted octanol–water partition coefficient (Wildman–Crippen LogP) is 2.62. The minimum absolute atomic E-state index is 0.281. The van der Waals surface area contributed by atoms with Gasteiger partial charge in [-0.3, -0.25) is 4.79 Å². The lowest BCUT2D eigenvalue weighted by Crippen LogP contribution is -2.31. The van der Waals surface area contributed by atoms with Gasteiger partial charge in [-0.15, -0.1) is 0 Å². The molecule has 4 heteroatoms. The van der Waals surface area contributed by atoms with E-state index in [4.69, 9.17) is 10.5 Å². The fourth-order valence-electron chi connectivity index (χ4n) is 1.27. The normalized spacial score (nSPS) is 12.2. The van der Waals surface area contributed by atoms with Crippen LogP contribution in [0.25, 0.3) is 0 Å². The van der Waals surface area contributed by atoms with Crippen LogP contribution in [0.3, 0.4) is 0 Å². The van der Waals surface area contributed by atoms with Gasteiger partial charge in [-0.2, -0.15) is 0 Å². The zero-order chi connectivity index (χ0) is 12.0. The summed E-state index contributed by atoms with van der Waals surface area (Å²) in [5.74, 6) is -0.329. The number of esters is 1. The Morgan fingerprint density at radius 1 is 1.44 bits per heavy atom. The molecule has 88 valence electrons. The highest BCUT2D eigenvalue weighted by Gasteiger charge is 2.13. The van der Waals surface area contributed by atoms with Crippen molar-refractivity contribution in [3.63, 3.8) is 0 Å². The molecule has 0 amide bonds. The van der Waals surface area contributed by atoms with Crippen molar-refractivity contribution in [2.45, 2.75) is 32.4 Å². The summed E-state index contributed by atoms with van der Waals surface area (Å²) in [4.78, 5) is 11.4. The topological polar surface area (TPSA) is 52.3 Å². The molecule has 0 aromatic heterocycles. The molecule has 0 saturated carbocycles. The average Bonchev–Trinajstić information content (AvgIpc) is 2.28. The first-order valence-electron chi connectivity index (χ1n) is 5.30. The Bertz CT molecular complexity index is 337. The van der Waals surface area contributed by atoms with E-state index in [1.165, 1.54) is 0 Å². The van der Waals surface area contributed by atoms with E-state index in [0.717, 1.165) is 16.5 Å². The van der Waals surface area contributed by atoms with Crippen molar-refractivity contribution in [1.29, 1.82) is 0 Å². The number of rotatable bonds is 5. The summed E-state index contributed by atoms with van der Waals surface area (Å²) >= 11 is 3.34. The second-order valence-corrected chi connectivity index (χ2v) is 4.55. The van der Waals surface area contributed by atoms with E-state index >= 15 is 0 Å². The van der Waals surface area contributed by atoms with Crippen molar-refractivity contribution in [3.8, 4) is 0 Å². The van der Waals surface area contributed by atoms with Crippen LogP contribution in [0.15, 0.2) is 28.7 Å². The van der Waals surface area contributed by atoms with Gasteiger partial charge in [0.15, 0.2) is 0 Å². The Labute approximate surface area is 104 Å². The maximum Gasteiger partial charge on any atom is 0.323 e. The molecule has 0 bridgehead atoms. The lowest BCUT2D eigenvalue weighted by molar-refractivity contribution is -0.146. The number of carbonyl (C=O) groups excluding carboxylic acids is 1. The summed E-state index contributed by atoms with van der Waals surface area (Å²) < 4.78 is 6.11. The molecule has 0 aliphatic heterocycles. The van der Waals surface area contributed by atoms with Crippen LogP contribution in [-0.4, -0.2) is 12.0 Å². The van der Waals surface area contributed by atoms with Crippen molar-refractivity contribution in [2.24, 2.45) is 5.73 Å². The maximum absolute atomic E-state index is 11.4. The third-order valence-corrected chi connectivity index (χ3v) is 2.73. The van der Waals surface area contributed by atoms with Gasteiger partial charge in [0, 0.05) is 4.47 Å². The molecule has 0 aliphatic rings. The predicted molar refractivity (Wildman–Crippen MR) is 66.8 cm³/mol. The fourth-order valence-corrected chi connectivity index (χ4v) is 1.54. The molecule has 0 radical (unpaired) electrons. The standard InChI is InChI=1S/C12H16BrNO2/c1-2-3-11(14)12(15)16-8-9-4-6-10(13)7-5-9/h4-7,11H,2-3,8,14H2,1H3. The Hall–Kier alpha value is -0.870. The fraction of sp³-hybridized carbons (Fsp3) is 0.417. The highest BCUT2D eigenvalue weighted by Crippen LogP contribution is 2.11. The third-order valence-electron chi connectivity index (χ3n) is 2.20. The van der Waals surface area contributed by atoms with Crippen LogP contribution >= 0.6 is 15.9 Å². The van der Waals surface area contributed by atoms with Crippen molar-refractivity contribution in [2.75, 3.05) is 0 Å². The van der Waals surface area contributed by atoms with E-state index in [9.17, 15) is 4.79 Å². The van der Waals surface area contributed by atoms with Crippen LogP contribution in [0.2, 0.25) is 0 Å². The van der Waals surface area contributed by atoms with Gasteiger partial charge in [-0.1, -0.05) is 41.4 Å². The van der Waals surface area contributed by atoms with Crippen LogP contribution in [-0.2, 0) is 16.1 Å². The Balaban J connectivity index is 2.39. The first-order valence-corrected chi connectivity index (χ1v) is 6.09. The summed E-state index contributed by atoms with van der Waals surface area (Å²) in [7, 11) is 0. The van der Waals surface area contributed by atoms with Crippen LogP contribution in [0.1, 0.15) is 25.3 Å². The highest BCUT2D eigenvalue weighted by atomic mass is 79.9. The number of nitrogens with two attached hydrogens (primary N) is 1. The molecule has 1 atom stereocenters. The van der Waals surface area contributed by atoms with Gasteiger partial charge < -0.3 is 10.5 Å². The Morgan fingerprint density at radius 2 is 2.06 bits per heavy atom. The number of carbonyl (C=O) groups is 1. The van der Waals surface area contributed by atoms with Crippen molar-refractivity contribution < 1.29 is 9.53 Å². The summed E-state index contributed by atoms with van der Waals surface area (Å²) in [6, 6.07) is 7.14. The molecule has 0 aliphatic carbocycles. The lowest BCUT2D eigenvalue weighted by atomic mass is 10.2. The number of hydrogen-bond acceptors (Lipinski definition) is 3. The van der Waals surface area contributed by atoms with Gasteiger partial charge in [0.05, 0.1) is 0 Å². The first kappa shape index (κ1) is 13.2. The highest BCUT2D eigenvalue weighted by molar-refractivity contribution is 9.10. The smallest absolute Gasteiger partial charge is 0.323 e. The minimum Gasteiger partial charge on any atom is -0.460 e. The molecule has 1 unspecified atom stereocenters. The molecule has 0 fully saturated rings. The van der Waals surface area contributed by atoms with Gasteiger partial charge >= 0.3 is 5.97 Å². The summed E-state index contributed by atoms with van der Waals surface area (Å²) in [6.45, 7) is 2.27. The molecule has 16 heavy (non-hydrogen) atoms. The monoisotopic (exact) mass is 285 g/mol. The summed E-state index contributed by atoms with van der Waals surface area (Å²) in [6.07, 6.45) is 1.55. The van der Waals surface area contributed by atoms with Gasteiger partial charge in [0.25, 0.3) is 0 Å². The number of hydrogen-bond donors (Lipinski definition) is 1. The molecular weight excluding hydrogens is 270 g/mol. The molecule has 3 nitrogen and oxygen atoms in total. The second kappa shape index (κ2) is 6.66. The number of halogens is 1.